The quantitative estimate of drug-likeness (QED) is 0.511. The number of benzene rings is 1. The van der Waals surface area contributed by atoms with Gasteiger partial charge in [0.1, 0.15) is 5.84 Å². The largest absolute Gasteiger partial charge is 0.444 e. The average Bonchev–Trinajstić information content (AvgIpc) is 2.43. The molecule has 0 unspecified atom stereocenters. The number of halogens is 2. The Kier molecular flexibility index (Phi) is 5.33. The lowest BCUT2D eigenvalue weighted by Gasteiger charge is -2.30. The molecule has 22 heavy (non-hydrogen) atoms. The van der Waals surface area contributed by atoms with Crippen LogP contribution in [0.3, 0.4) is 0 Å². The SMILES string of the molecule is CC1=Nc2cc(Br)c(CBr)cc2CN1COC(=O)C(C)(C)C. The van der Waals surface area contributed by atoms with Crippen LogP contribution in [0.5, 0.6) is 0 Å². The molecule has 0 atom stereocenters. The summed E-state index contributed by atoms with van der Waals surface area (Å²) in [5.41, 5.74) is 2.79. The van der Waals surface area contributed by atoms with Crippen LogP contribution in [0.25, 0.3) is 0 Å². The third-order valence-electron chi connectivity index (χ3n) is 3.46. The van der Waals surface area contributed by atoms with Crippen LogP contribution < -0.4 is 0 Å². The molecule has 1 heterocycles. The van der Waals surface area contributed by atoms with Gasteiger partial charge < -0.3 is 9.64 Å². The van der Waals surface area contributed by atoms with Crippen LogP contribution in [0.4, 0.5) is 5.69 Å². The first-order valence-electron chi connectivity index (χ1n) is 7.07. The average molecular weight is 432 g/mol. The molecule has 0 saturated heterocycles. The Morgan fingerprint density at radius 3 is 2.68 bits per heavy atom. The summed E-state index contributed by atoms with van der Waals surface area (Å²) in [5, 5.41) is 0.780. The summed E-state index contributed by atoms with van der Waals surface area (Å²) < 4.78 is 6.45. The topological polar surface area (TPSA) is 41.9 Å². The molecular formula is C16H20Br2N2O2. The summed E-state index contributed by atoms with van der Waals surface area (Å²) in [5.74, 6) is 0.649. The number of ether oxygens (including phenoxy) is 1. The number of nitrogens with zero attached hydrogens (tertiary/aromatic N) is 2. The lowest BCUT2D eigenvalue weighted by Crippen LogP contribution is -2.36. The summed E-state index contributed by atoms with van der Waals surface area (Å²) >= 11 is 7.05. The molecule has 1 aliphatic rings. The third-order valence-corrected chi connectivity index (χ3v) is 4.80. The van der Waals surface area contributed by atoms with Gasteiger partial charge in [-0.05, 0) is 51.0 Å². The maximum absolute atomic E-state index is 11.9. The van der Waals surface area contributed by atoms with Crippen molar-refractivity contribution in [3.63, 3.8) is 0 Å². The molecule has 6 heteroatoms. The number of fused-ring (bicyclic) bond motifs is 1. The second kappa shape index (κ2) is 6.71. The summed E-state index contributed by atoms with van der Waals surface area (Å²) in [7, 11) is 0. The van der Waals surface area contributed by atoms with Crippen LogP contribution in [0.2, 0.25) is 0 Å². The maximum Gasteiger partial charge on any atom is 0.312 e. The van der Waals surface area contributed by atoms with Gasteiger partial charge >= 0.3 is 5.97 Å². The summed E-state index contributed by atoms with van der Waals surface area (Å²) in [6, 6.07) is 4.16. The number of esters is 1. The number of hydrogen-bond donors (Lipinski definition) is 0. The summed E-state index contributed by atoms with van der Waals surface area (Å²) in [6.07, 6.45) is 0. The van der Waals surface area contributed by atoms with Crippen LogP contribution in [0.15, 0.2) is 21.6 Å². The van der Waals surface area contributed by atoms with Crippen molar-refractivity contribution in [2.45, 2.75) is 39.6 Å². The molecule has 2 rings (SSSR count). The Morgan fingerprint density at radius 1 is 1.41 bits per heavy atom. The Labute approximate surface area is 148 Å². The molecule has 0 spiro atoms. The highest BCUT2D eigenvalue weighted by atomic mass is 79.9. The predicted octanol–water partition coefficient (Wildman–Crippen LogP) is 4.76. The minimum atomic E-state index is -0.493. The highest BCUT2D eigenvalue weighted by molar-refractivity contribution is 9.10. The second-order valence-corrected chi connectivity index (χ2v) is 7.79. The molecule has 120 valence electrons. The lowest BCUT2D eigenvalue weighted by molar-refractivity contribution is -0.156. The van der Waals surface area contributed by atoms with Gasteiger partial charge in [0.15, 0.2) is 6.73 Å². The Bertz CT molecular complexity index is 621. The first-order valence-corrected chi connectivity index (χ1v) is 8.98. The van der Waals surface area contributed by atoms with E-state index in [1.54, 1.807) is 0 Å². The van der Waals surface area contributed by atoms with Crippen LogP contribution >= 0.6 is 31.9 Å². The molecule has 0 bridgehead atoms. The van der Waals surface area contributed by atoms with Gasteiger partial charge in [-0.25, -0.2) is 4.99 Å². The number of rotatable bonds is 3. The van der Waals surface area contributed by atoms with E-state index in [0.717, 1.165) is 26.9 Å². The molecular weight excluding hydrogens is 412 g/mol. The Balaban J connectivity index is 2.14. The van der Waals surface area contributed by atoms with Crippen molar-refractivity contribution in [2.75, 3.05) is 6.73 Å². The molecule has 0 N–H and O–H groups in total. The van der Waals surface area contributed by atoms with Crippen LogP contribution in [0.1, 0.15) is 38.8 Å². The van der Waals surface area contributed by atoms with E-state index in [2.05, 4.69) is 42.9 Å². The van der Waals surface area contributed by atoms with Crippen molar-refractivity contribution in [3.8, 4) is 0 Å². The van der Waals surface area contributed by atoms with Gasteiger partial charge in [-0.15, -0.1) is 0 Å². The summed E-state index contributed by atoms with van der Waals surface area (Å²) in [6.45, 7) is 8.39. The van der Waals surface area contributed by atoms with Gasteiger partial charge in [-0.3, -0.25) is 4.79 Å². The van der Waals surface area contributed by atoms with Gasteiger partial charge in [0.25, 0.3) is 0 Å². The van der Waals surface area contributed by atoms with Crippen molar-refractivity contribution >= 4 is 49.4 Å². The standard InChI is InChI=1S/C16H20Br2N2O2/c1-10-19-14-6-13(18)11(7-17)5-12(14)8-20(10)9-22-15(21)16(2,3)4/h5-6H,7-9H2,1-4H3. The second-order valence-electron chi connectivity index (χ2n) is 6.37. The molecule has 0 aliphatic carbocycles. The fraction of sp³-hybridized carbons (Fsp3) is 0.500. The van der Waals surface area contributed by atoms with Gasteiger partial charge in [-0.2, -0.15) is 0 Å². The molecule has 0 radical (unpaired) electrons. The van der Waals surface area contributed by atoms with E-state index < -0.39 is 5.41 Å². The summed E-state index contributed by atoms with van der Waals surface area (Å²) in [4.78, 5) is 18.5. The first-order chi connectivity index (χ1) is 10.2. The number of carbonyl (C=O) groups is 1. The smallest absolute Gasteiger partial charge is 0.312 e. The van der Waals surface area contributed by atoms with Gasteiger partial charge in [-0.1, -0.05) is 31.9 Å². The number of aliphatic imine (C=N–C) groups is 1. The van der Waals surface area contributed by atoms with Crippen molar-refractivity contribution in [1.29, 1.82) is 0 Å². The lowest BCUT2D eigenvalue weighted by atomic mass is 9.97. The number of hydrogen-bond acceptors (Lipinski definition) is 4. The molecule has 0 amide bonds. The zero-order valence-corrected chi connectivity index (χ0v) is 16.4. The normalized spacial score (nSPS) is 14.5. The van der Waals surface area contributed by atoms with E-state index in [-0.39, 0.29) is 12.7 Å². The monoisotopic (exact) mass is 430 g/mol. The molecule has 1 aliphatic heterocycles. The molecule has 1 aromatic rings. The van der Waals surface area contributed by atoms with E-state index >= 15 is 0 Å². The zero-order chi connectivity index (χ0) is 16.5. The fourth-order valence-electron chi connectivity index (χ4n) is 2.05. The van der Waals surface area contributed by atoms with E-state index in [0.29, 0.717) is 6.54 Å². The number of amidine groups is 1. The molecule has 1 aromatic carbocycles. The zero-order valence-electron chi connectivity index (χ0n) is 13.2. The first kappa shape index (κ1) is 17.5. The number of alkyl halides is 1. The highest BCUT2D eigenvalue weighted by Crippen LogP contribution is 2.33. The molecule has 4 nitrogen and oxygen atoms in total. The van der Waals surface area contributed by atoms with Crippen molar-refractivity contribution in [3.05, 3.63) is 27.7 Å². The van der Waals surface area contributed by atoms with E-state index in [1.807, 2.05) is 38.7 Å². The molecule has 0 aromatic heterocycles. The van der Waals surface area contributed by atoms with Crippen molar-refractivity contribution in [2.24, 2.45) is 10.4 Å². The van der Waals surface area contributed by atoms with E-state index in [4.69, 9.17) is 4.74 Å². The van der Waals surface area contributed by atoms with Gasteiger partial charge in [0.2, 0.25) is 0 Å². The van der Waals surface area contributed by atoms with Gasteiger partial charge in [0, 0.05) is 16.3 Å². The van der Waals surface area contributed by atoms with Crippen molar-refractivity contribution in [1.82, 2.24) is 4.90 Å². The third kappa shape index (κ3) is 3.90. The van der Waals surface area contributed by atoms with Crippen LogP contribution in [-0.4, -0.2) is 23.4 Å². The fourth-order valence-corrected chi connectivity index (χ4v) is 3.36. The number of carbonyl (C=O) groups excluding carboxylic acids is 1. The minimum Gasteiger partial charge on any atom is -0.444 e. The molecule has 0 saturated carbocycles. The molecule has 0 fully saturated rings. The predicted molar refractivity (Wildman–Crippen MR) is 95.5 cm³/mol. The van der Waals surface area contributed by atoms with Crippen LogP contribution in [0, 0.1) is 5.41 Å². The Hall–Kier alpha value is -0.880. The Morgan fingerprint density at radius 2 is 2.09 bits per heavy atom. The van der Waals surface area contributed by atoms with E-state index in [1.165, 1.54) is 5.56 Å². The minimum absolute atomic E-state index is 0.206. The van der Waals surface area contributed by atoms with Crippen molar-refractivity contribution < 1.29 is 9.53 Å². The van der Waals surface area contributed by atoms with E-state index in [9.17, 15) is 4.79 Å². The van der Waals surface area contributed by atoms with Crippen LogP contribution in [-0.2, 0) is 21.4 Å². The maximum atomic E-state index is 11.9. The highest BCUT2D eigenvalue weighted by Gasteiger charge is 2.25. The van der Waals surface area contributed by atoms with Gasteiger partial charge in [0.05, 0.1) is 11.1 Å².